The van der Waals surface area contributed by atoms with Crippen LogP contribution < -0.4 is 0 Å². The number of hydrogen-bond acceptors (Lipinski definition) is 15. The van der Waals surface area contributed by atoms with Gasteiger partial charge in [0.1, 0.15) is 19.3 Å². The van der Waals surface area contributed by atoms with Gasteiger partial charge in [-0.15, -0.1) is 0 Å². The fourth-order valence-electron chi connectivity index (χ4n) is 10.6. The number of esters is 4. The number of carbonyl (C=O) groups excluding carboxylic acids is 4. The molecule has 0 aromatic carbocycles. The fourth-order valence-corrected chi connectivity index (χ4v) is 12.2. The molecule has 528 valence electrons. The Morgan fingerprint density at radius 2 is 0.517 bits per heavy atom. The lowest BCUT2D eigenvalue weighted by Crippen LogP contribution is -2.30. The molecule has 0 saturated heterocycles. The second-order valence-electron chi connectivity index (χ2n) is 26.2. The summed E-state index contributed by atoms with van der Waals surface area (Å²) in [5, 5.41) is 10.6. The molecule has 19 heteroatoms. The first kappa shape index (κ1) is 87.1. The first-order valence-electron chi connectivity index (χ1n) is 36.5. The Bertz CT molecular complexity index is 1730. The second kappa shape index (κ2) is 62.2. The topological polar surface area (TPSA) is 237 Å². The van der Waals surface area contributed by atoms with Crippen molar-refractivity contribution < 1.29 is 80.2 Å². The van der Waals surface area contributed by atoms with Gasteiger partial charge in [0.05, 0.1) is 26.4 Å². The van der Waals surface area contributed by atoms with Crippen LogP contribution in [-0.4, -0.2) is 96.7 Å². The summed E-state index contributed by atoms with van der Waals surface area (Å²) in [6, 6.07) is 0. The fraction of sp³-hybridized carbons (Fsp3) is 0.943. The summed E-state index contributed by atoms with van der Waals surface area (Å²) in [4.78, 5) is 72.5. The lowest BCUT2D eigenvalue weighted by atomic mass is 10.0. The van der Waals surface area contributed by atoms with Gasteiger partial charge in [0.2, 0.25) is 0 Å². The predicted molar refractivity (Wildman–Crippen MR) is 358 cm³/mol. The Morgan fingerprint density at radius 1 is 0.303 bits per heavy atom. The third-order valence-corrected chi connectivity index (χ3v) is 18.1. The molecule has 0 radical (unpaired) electrons. The number of aliphatic hydroxyl groups is 1. The minimum Gasteiger partial charge on any atom is -0.462 e. The van der Waals surface area contributed by atoms with Crippen LogP contribution in [0.15, 0.2) is 0 Å². The van der Waals surface area contributed by atoms with E-state index in [-0.39, 0.29) is 25.7 Å². The minimum atomic E-state index is -4.95. The third kappa shape index (κ3) is 64.6. The van der Waals surface area contributed by atoms with Gasteiger partial charge in [-0.2, -0.15) is 0 Å². The summed E-state index contributed by atoms with van der Waals surface area (Å²) >= 11 is 0. The first-order chi connectivity index (χ1) is 42.9. The van der Waals surface area contributed by atoms with Gasteiger partial charge in [-0.25, -0.2) is 9.13 Å². The van der Waals surface area contributed by atoms with Gasteiger partial charge in [-0.05, 0) is 37.5 Å². The smallest absolute Gasteiger partial charge is 0.462 e. The Morgan fingerprint density at radius 3 is 0.764 bits per heavy atom. The van der Waals surface area contributed by atoms with Gasteiger partial charge in [0, 0.05) is 25.7 Å². The Kier molecular flexibility index (Phi) is 60.8. The molecule has 0 aromatic heterocycles. The van der Waals surface area contributed by atoms with E-state index in [0.29, 0.717) is 25.7 Å². The molecule has 0 spiro atoms. The number of ether oxygens (including phenoxy) is 4. The number of hydrogen-bond donors (Lipinski definition) is 3. The van der Waals surface area contributed by atoms with Gasteiger partial charge in [0.25, 0.3) is 0 Å². The maximum atomic E-state index is 13.0. The van der Waals surface area contributed by atoms with Crippen LogP contribution in [0.2, 0.25) is 0 Å². The molecule has 2 unspecified atom stereocenters. The zero-order valence-electron chi connectivity index (χ0n) is 57.7. The summed E-state index contributed by atoms with van der Waals surface area (Å²) in [5.41, 5.74) is 0. The highest BCUT2D eigenvalue weighted by atomic mass is 31.2. The predicted octanol–water partition coefficient (Wildman–Crippen LogP) is 20.0. The monoisotopic (exact) mass is 1310 g/mol. The van der Waals surface area contributed by atoms with Gasteiger partial charge in [-0.3, -0.25) is 37.3 Å². The molecule has 89 heavy (non-hydrogen) atoms. The first-order valence-corrected chi connectivity index (χ1v) is 39.5. The molecule has 0 fully saturated rings. The highest BCUT2D eigenvalue weighted by Gasteiger charge is 2.30. The standard InChI is InChI=1S/C70H136O17P2/c1-7-9-11-13-15-17-19-23-29-36-42-48-54-69(74)86-65(58-80-67(72)52-46-40-34-28-21-18-16-14-12-10-8-2)60-84-88(76,77)82-56-64(71)57-83-89(78,79)85-61-66(59-81-68(73)53-47-41-35-31-25-27-33-39-45-51-63(5)6)87-70(75)55-49-43-37-30-24-20-22-26-32-38-44-50-62(3)4/h62-66,71H,7-61H2,1-6H3,(H,76,77)(H,78,79)/t64-,65+,66+/m0/s1. The molecular formula is C70H136O17P2. The van der Waals surface area contributed by atoms with E-state index in [2.05, 4.69) is 41.5 Å². The van der Waals surface area contributed by atoms with E-state index in [1.807, 2.05) is 0 Å². The molecular weight excluding hydrogens is 1170 g/mol. The number of rotatable bonds is 69. The molecule has 0 heterocycles. The van der Waals surface area contributed by atoms with Crippen molar-refractivity contribution in [1.82, 2.24) is 0 Å². The van der Waals surface area contributed by atoms with E-state index >= 15 is 0 Å². The molecule has 0 aliphatic heterocycles. The molecule has 0 aliphatic rings. The average molecular weight is 1310 g/mol. The van der Waals surface area contributed by atoms with E-state index in [0.717, 1.165) is 102 Å². The van der Waals surface area contributed by atoms with Crippen LogP contribution in [0.5, 0.6) is 0 Å². The zero-order chi connectivity index (χ0) is 65.7. The van der Waals surface area contributed by atoms with Crippen molar-refractivity contribution in [1.29, 1.82) is 0 Å². The number of carbonyl (C=O) groups is 4. The number of phosphoric acid groups is 2. The highest BCUT2D eigenvalue weighted by Crippen LogP contribution is 2.45. The van der Waals surface area contributed by atoms with Gasteiger partial charge in [0.15, 0.2) is 12.2 Å². The van der Waals surface area contributed by atoms with E-state index < -0.39 is 97.5 Å². The summed E-state index contributed by atoms with van der Waals surface area (Å²) < 4.78 is 68.3. The molecule has 0 rings (SSSR count). The highest BCUT2D eigenvalue weighted by molar-refractivity contribution is 7.47. The van der Waals surface area contributed by atoms with E-state index in [4.69, 9.17) is 37.0 Å². The minimum absolute atomic E-state index is 0.106. The maximum absolute atomic E-state index is 13.0. The number of unbranched alkanes of at least 4 members (excludes halogenated alkanes) is 39. The van der Waals surface area contributed by atoms with Crippen molar-refractivity contribution in [3.05, 3.63) is 0 Å². The molecule has 17 nitrogen and oxygen atoms in total. The quantitative estimate of drug-likeness (QED) is 0.0222. The maximum Gasteiger partial charge on any atom is 0.472 e. The summed E-state index contributed by atoms with van der Waals surface area (Å²) in [7, 11) is -9.90. The number of aliphatic hydroxyl groups excluding tert-OH is 1. The van der Waals surface area contributed by atoms with E-state index in [9.17, 15) is 43.2 Å². The molecule has 0 amide bonds. The lowest BCUT2D eigenvalue weighted by Gasteiger charge is -2.21. The Balaban J connectivity index is 5.26. The van der Waals surface area contributed by atoms with Crippen LogP contribution in [0, 0.1) is 11.8 Å². The molecule has 0 saturated carbocycles. The molecule has 5 atom stereocenters. The molecule has 0 aromatic rings. The molecule has 0 bridgehead atoms. The van der Waals surface area contributed by atoms with Crippen LogP contribution in [0.3, 0.4) is 0 Å². The van der Waals surface area contributed by atoms with Crippen molar-refractivity contribution >= 4 is 39.5 Å². The lowest BCUT2D eigenvalue weighted by molar-refractivity contribution is -0.161. The Labute approximate surface area is 543 Å². The summed E-state index contributed by atoms with van der Waals surface area (Å²) in [6.45, 7) is 9.53. The second-order valence-corrected chi connectivity index (χ2v) is 29.1. The van der Waals surface area contributed by atoms with Crippen molar-refractivity contribution in [2.24, 2.45) is 11.8 Å². The van der Waals surface area contributed by atoms with Gasteiger partial charge >= 0.3 is 39.5 Å². The van der Waals surface area contributed by atoms with Crippen LogP contribution in [0.25, 0.3) is 0 Å². The number of phosphoric ester groups is 2. The largest absolute Gasteiger partial charge is 0.472 e. The van der Waals surface area contributed by atoms with Crippen LogP contribution >= 0.6 is 15.6 Å². The van der Waals surface area contributed by atoms with Gasteiger partial charge in [-0.1, -0.05) is 305 Å². The van der Waals surface area contributed by atoms with Crippen molar-refractivity contribution in [3.63, 3.8) is 0 Å². The molecule has 3 N–H and O–H groups in total. The van der Waals surface area contributed by atoms with Crippen LogP contribution in [0.1, 0.15) is 356 Å². The Hall–Kier alpha value is -1.94. The van der Waals surface area contributed by atoms with Crippen molar-refractivity contribution in [3.8, 4) is 0 Å². The third-order valence-electron chi connectivity index (χ3n) is 16.2. The SMILES string of the molecule is CCCCCCCCCCCCCCC(=O)O[C@H](COC(=O)CCCCCCCCCCCCC)COP(=O)(O)OC[C@H](O)COP(=O)(O)OC[C@@H](COC(=O)CCCCCCCCCCCC(C)C)OC(=O)CCCCCCCCCCCCCC(C)C. The van der Waals surface area contributed by atoms with Crippen LogP contribution in [-0.2, 0) is 65.4 Å². The zero-order valence-corrected chi connectivity index (χ0v) is 59.5. The van der Waals surface area contributed by atoms with Crippen molar-refractivity contribution in [2.75, 3.05) is 39.6 Å². The summed E-state index contributed by atoms with van der Waals surface area (Å²) in [5.74, 6) is -0.613. The molecule has 0 aliphatic carbocycles. The van der Waals surface area contributed by atoms with Gasteiger partial charge < -0.3 is 33.8 Å². The average Bonchev–Trinajstić information content (AvgIpc) is 3.66. The van der Waals surface area contributed by atoms with E-state index in [1.54, 1.807) is 0 Å². The normalized spacial score (nSPS) is 14.1. The van der Waals surface area contributed by atoms with Crippen molar-refractivity contribution in [2.45, 2.75) is 374 Å². The van der Waals surface area contributed by atoms with Crippen LogP contribution in [0.4, 0.5) is 0 Å². The summed E-state index contributed by atoms with van der Waals surface area (Å²) in [6.07, 6.45) is 47.0. The van der Waals surface area contributed by atoms with E-state index in [1.165, 1.54) is 173 Å².